The first-order valence-electron chi connectivity index (χ1n) is 31.8. The summed E-state index contributed by atoms with van der Waals surface area (Å²) in [6.07, 6.45) is 36.9. The van der Waals surface area contributed by atoms with E-state index in [-0.39, 0.29) is 12.5 Å². The van der Waals surface area contributed by atoms with E-state index in [0.717, 1.165) is 51.4 Å². The van der Waals surface area contributed by atoms with Crippen LogP contribution in [0.5, 0.6) is 0 Å². The summed E-state index contributed by atoms with van der Waals surface area (Å²) in [5, 5.41) is 87.2. The van der Waals surface area contributed by atoms with Gasteiger partial charge in [-0.1, -0.05) is 271 Å². The van der Waals surface area contributed by atoms with Crippen LogP contribution < -0.4 is 5.32 Å². The zero-order chi connectivity index (χ0) is 54.6. The first-order valence-corrected chi connectivity index (χ1v) is 31.8. The van der Waals surface area contributed by atoms with Crippen molar-refractivity contribution in [1.82, 2.24) is 5.32 Å². The van der Waals surface area contributed by atoms with Crippen LogP contribution in [0.2, 0.25) is 0 Å². The highest BCUT2D eigenvalue weighted by Crippen LogP contribution is 2.30. The molecular formula is C61H119NO13. The molecular weight excluding hydrogens is 955 g/mol. The third-order valence-corrected chi connectivity index (χ3v) is 16.1. The lowest BCUT2D eigenvalue weighted by Crippen LogP contribution is -2.65. The maximum atomic E-state index is 13.3. The number of aliphatic hydroxyl groups is 8. The number of rotatable bonds is 52. The number of hydrogen-bond donors (Lipinski definition) is 9. The Hall–Kier alpha value is -1.01. The summed E-state index contributed by atoms with van der Waals surface area (Å²) in [6.45, 7) is 2.89. The van der Waals surface area contributed by atoms with Crippen molar-refractivity contribution in [3.63, 3.8) is 0 Å². The van der Waals surface area contributed by atoms with Crippen LogP contribution in [0.15, 0.2) is 0 Å². The van der Waals surface area contributed by atoms with Gasteiger partial charge in [0.05, 0.1) is 32.0 Å². The molecule has 0 bridgehead atoms. The fraction of sp³-hybridized carbons (Fsp3) is 0.984. The number of hydrogen-bond acceptors (Lipinski definition) is 13. The Bertz CT molecular complexity index is 1270. The molecule has 0 aromatic carbocycles. The van der Waals surface area contributed by atoms with Crippen LogP contribution in [0, 0.1) is 0 Å². The number of nitrogens with one attached hydrogen (secondary N) is 1. The number of aliphatic hydroxyl groups excluding tert-OH is 8. The standard InChI is InChI=1S/C61H119NO13/c1-3-5-7-9-11-13-15-17-18-19-20-21-22-23-24-25-26-27-28-29-30-31-33-35-37-39-41-43-45-53(66)62-49(50(65)44-42-40-38-36-34-32-16-14-12-10-8-6-4-2)48-72-60-58(71)56(69)59(52(47-64)74-60)75-61-57(70)55(68)54(67)51(46-63)73-61/h49-52,54-61,63-65,67-71H,3-48H2,1-2H3,(H,62,66)/t49-,50+,51+,52+,54-,55?,56?,57?,58?,59+,60+,61-/m0/s1. The Morgan fingerprint density at radius 2 is 0.760 bits per heavy atom. The van der Waals surface area contributed by atoms with Crippen LogP contribution >= 0.6 is 0 Å². The van der Waals surface area contributed by atoms with Gasteiger partial charge < -0.3 is 65.1 Å². The van der Waals surface area contributed by atoms with E-state index in [1.165, 1.54) is 212 Å². The molecule has 2 rings (SSSR count). The van der Waals surface area contributed by atoms with Crippen LogP contribution in [-0.2, 0) is 23.7 Å². The largest absolute Gasteiger partial charge is 0.394 e. The zero-order valence-corrected chi connectivity index (χ0v) is 48.1. The molecule has 2 fully saturated rings. The fourth-order valence-electron chi connectivity index (χ4n) is 10.9. The third kappa shape index (κ3) is 33.4. The van der Waals surface area contributed by atoms with Crippen molar-refractivity contribution < 1.29 is 64.6 Å². The van der Waals surface area contributed by atoms with Gasteiger partial charge in [-0.05, 0) is 12.8 Å². The second-order valence-corrected chi connectivity index (χ2v) is 22.9. The Labute approximate surface area is 457 Å². The van der Waals surface area contributed by atoms with Gasteiger partial charge in [-0.15, -0.1) is 0 Å². The molecule has 14 heteroatoms. The smallest absolute Gasteiger partial charge is 0.220 e. The molecule has 4 unspecified atom stereocenters. The molecule has 2 heterocycles. The fourth-order valence-corrected chi connectivity index (χ4v) is 10.9. The maximum Gasteiger partial charge on any atom is 0.220 e. The summed E-state index contributed by atoms with van der Waals surface area (Å²) < 4.78 is 22.8. The molecule has 2 aliphatic heterocycles. The molecule has 0 aromatic rings. The lowest BCUT2D eigenvalue weighted by atomic mass is 9.97. The van der Waals surface area contributed by atoms with Crippen LogP contribution in [-0.4, -0.2) is 140 Å². The van der Waals surface area contributed by atoms with Crippen LogP contribution in [0.3, 0.4) is 0 Å². The minimum atomic E-state index is -1.78. The molecule has 0 radical (unpaired) electrons. The summed E-state index contributed by atoms with van der Waals surface area (Å²) in [5.74, 6) is -0.200. The quantitative estimate of drug-likeness (QED) is 0.0259. The highest BCUT2D eigenvalue weighted by atomic mass is 16.7. The third-order valence-electron chi connectivity index (χ3n) is 16.1. The van der Waals surface area contributed by atoms with Crippen molar-refractivity contribution in [3.05, 3.63) is 0 Å². The first-order chi connectivity index (χ1) is 36.6. The summed E-state index contributed by atoms with van der Waals surface area (Å²) >= 11 is 0. The number of amides is 1. The molecule has 0 aromatic heterocycles. The summed E-state index contributed by atoms with van der Waals surface area (Å²) in [5.41, 5.74) is 0. The number of ether oxygens (including phenoxy) is 4. The van der Waals surface area contributed by atoms with Crippen molar-refractivity contribution in [2.75, 3.05) is 19.8 Å². The van der Waals surface area contributed by atoms with Crippen molar-refractivity contribution in [2.24, 2.45) is 0 Å². The van der Waals surface area contributed by atoms with Crippen molar-refractivity contribution in [2.45, 2.75) is 364 Å². The van der Waals surface area contributed by atoms with Gasteiger partial charge in [0.1, 0.15) is 48.8 Å². The van der Waals surface area contributed by atoms with Gasteiger partial charge in [-0.3, -0.25) is 4.79 Å². The van der Waals surface area contributed by atoms with E-state index in [1.54, 1.807) is 0 Å². The van der Waals surface area contributed by atoms with Crippen LogP contribution in [0.1, 0.15) is 290 Å². The lowest BCUT2D eigenvalue weighted by molar-refractivity contribution is -0.359. The van der Waals surface area contributed by atoms with Crippen molar-refractivity contribution >= 4 is 5.91 Å². The topological polar surface area (TPSA) is 228 Å². The van der Waals surface area contributed by atoms with Crippen LogP contribution in [0.4, 0.5) is 0 Å². The zero-order valence-electron chi connectivity index (χ0n) is 48.1. The van der Waals surface area contributed by atoms with E-state index in [1.807, 2.05) is 0 Å². The van der Waals surface area contributed by atoms with Gasteiger partial charge >= 0.3 is 0 Å². The van der Waals surface area contributed by atoms with Gasteiger partial charge in [0.15, 0.2) is 12.6 Å². The molecule has 0 aliphatic carbocycles. The van der Waals surface area contributed by atoms with Gasteiger partial charge in [-0.2, -0.15) is 0 Å². The van der Waals surface area contributed by atoms with E-state index in [2.05, 4.69) is 19.2 Å². The molecule has 9 N–H and O–H groups in total. The first kappa shape index (κ1) is 70.1. The van der Waals surface area contributed by atoms with Gasteiger partial charge in [0, 0.05) is 6.42 Å². The van der Waals surface area contributed by atoms with E-state index in [9.17, 15) is 45.6 Å². The highest BCUT2D eigenvalue weighted by Gasteiger charge is 2.51. The summed E-state index contributed by atoms with van der Waals surface area (Å²) in [7, 11) is 0. The maximum absolute atomic E-state index is 13.3. The minimum Gasteiger partial charge on any atom is -0.394 e. The Balaban J connectivity index is 1.65. The Morgan fingerprint density at radius 1 is 0.427 bits per heavy atom. The van der Waals surface area contributed by atoms with Gasteiger partial charge in [-0.25, -0.2) is 0 Å². The minimum absolute atomic E-state index is 0.200. The normalized spacial score (nSPS) is 24.9. The number of carbonyl (C=O) groups is 1. The van der Waals surface area contributed by atoms with E-state index in [4.69, 9.17) is 18.9 Å². The van der Waals surface area contributed by atoms with E-state index < -0.39 is 86.8 Å². The van der Waals surface area contributed by atoms with Gasteiger partial charge in [0.25, 0.3) is 0 Å². The molecule has 2 aliphatic rings. The summed E-state index contributed by atoms with van der Waals surface area (Å²) in [6, 6.07) is -0.822. The highest BCUT2D eigenvalue weighted by molar-refractivity contribution is 5.76. The molecule has 2 saturated heterocycles. The van der Waals surface area contributed by atoms with E-state index >= 15 is 0 Å². The Morgan fingerprint density at radius 3 is 1.13 bits per heavy atom. The van der Waals surface area contributed by atoms with Crippen molar-refractivity contribution in [3.8, 4) is 0 Å². The SMILES string of the molecule is CCCCCCCCCCCCCCCCCCCCCCCCCCCCCCC(=O)N[C@@H](CO[C@@H]1O[C@H](CO)[C@@H](O[C@@H]2O[C@H](CO)[C@H](O)C(O)C2O)C(O)C1O)[C@H](O)CCCCCCCCCCCCCCC. The molecule has 0 saturated carbocycles. The van der Waals surface area contributed by atoms with E-state index in [0.29, 0.717) is 12.8 Å². The van der Waals surface area contributed by atoms with Gasteiger partial charge in [0.2, 0.25) is 5.91 Å². The molecule has 12 atom stereocenters. The average molecular weight is 1070 g/mol. The molecule has 0 spiro atoms. The second kappa shape index (κ2) is 47.8. The molecule has 75 heavy (non-hydrogen) atoms. The molecule has 14 nitrogen and oxygen atoms in total. The number of carbonyl (C=O) groups excluding carboxylic acids is 1. The van der Waals surface area contributed by atoms with Crippen molar-refractivity contribution in [1.29, 1.82) is 0 Å². The second-order valence-electron chi connectivity index (χ2n) is 22.9. The Kier molecular flexibility index (Phi) is 44.6. The van der Waals surface area contributed by atoms with Crippen LogP contribution in [0.25, 0.3) is 0 Å². The lowest BCUT2D eigenvalue weighted by Gasteiger charge is -2.46. The number of unbranched alkanes of at least 4 members (excludes halogenated alkanes) is 39. The predicted molar refractivity (Wildman–Crippen MR) is 300 cm³/mol. The average Bonchev–Trinajstić information content (AvgIpc) is 3.41. The molecule has 1 amide bonds. The molecule has 446 valence electrons. The summed E-state index contributed by atoms with van der Waals surface area (Å²) in [4.78, 5) is 13.3. The predicted octanol–water partition coefficient (Wildman–Crippen LogP) is 11.3. The monoisotopic (exact) mass is 1070 g/mol.